The number of hydrogen-bond donors (Lipinski definition) is 2. The third-order valence-corrected chi connectivity index (χ3v) is 3.38. The molecule has 19 heavy (non-hydrogen) atoms. The van der Waals surface area contributed by atoms with Crippen LogP contribution in [0.2, 0.25) is 0 Å². The molecule has 1 aromatic heterocycles. The molecule has 0 aromatic carbocycles. The number of rotatable bonds is 6. The van der Waals surface area contributed by atoms with Crippen LogP contribution in [0.4, 0.5) is 0 Å². The van der Waals surface area contributed by atoms with Crippen molar-refractivity contribution in [1.82, 2.24) is 5.32 Å². The number of nitrogens with one attached hydrogen (secondary N) is 1. The lowest BCUT2D eigenvalue weighted by atomic mass is 9.98. The topological polar surface area (TPSA) is 77.5 Å². The summed E-state index contributed by atoms with van der Waals surface area (Å²) in [6.45, 7) is 1.37. The van der Waals surface area contributed by atoms with E-state index in [-0.39, 0.29) is 5.91 Å². The van der Waals surface area contributed by atoms with Crippen molar-refractivity contribution >= 4 is 5.91 Å². The van der Waals surface area contributed by atoms with Gasteiger partial charge in [0.15, 0.2) is 5.76 Å². The Bertz CT molecular complexity index is 397. The molecule has 0 aliphatic heterocycles. The number of carbonyl (C=O) groups excluding carboxylic acids is 1. The van der Waals surface area contributed by atoms with Gasteiger partial charge in [-0.1, -0.05) is 19.3 Å². The number of furan rings is 1. The summed E-state index contributed by atoms with van der Waals surface area (Å²) < 4.78 is 11.0. The van der Waals surface area contributed by atoms with Gasteiger partial charge in [-0.3, -0.25) is 4.79 Å². The van der Waals surface area contributed by atoms with E-state index in [4.69, 9.17) is 14.9 Å². The lowest BCUT2D eigenvalue weighted by molar-refractivity contribution is 0.0298. The first-order valence-corrected chi connectivity index (χ1v) is 6.98. The van der Waals surface area contributed by atoms with E-state index in [0.717, 1.165) is 12.8 Å². The predicted molar refractivity (Wildman–Crippen MR) is 71.8 cm³/mol. The molecule has 5 heteroatoms. The van der Waals surface area contributed by atoms with E-state index in [2.05, 4.69) is 5.32 Å². The van der Waals surface area contributed by atoms with Gasteiger partial charge in [0.1, 0.15) is 5.76 Å². The molecule has 5 nitrogen and oxygen atoms in total. The van der Waals surface area contributed by atoms with Crippen LogP contribution >= 0.6 is 0 Å². The van der Waals surface area contributed by atoms with Crippen LogP contribution in [0.1, 0.15) is 48.4 Å². The lowest BCUT2D eigenvalue weighted by Gasteiger charge is -2.21. The fraction of sp³-hybridized carbons (Fsp3) is 0.643. The third kappa shape index (κ3) is 4.36. The molecule has 1 aliphatic carbocycles. The van der Waals surface area contributed by atoms with Gasteiger partial charge in [0.25, 0.3) is 5.91 Å². The maximum atomic E-state index is 11.7. The Morgan fingerprint density at radius 3 is 2.84 bits per heavy atom. The second kappa shape index (κ2) is 7.31. The van der Waals surface area contributed by atoms with Crippen LogP contribution in [-0.2, 0) is 11.3 Å². The molecule has 0 saturated heterocycles. The highest BCUT2D eigenvalue weighted by Crippen LogP contribution is 2.19. The number of hydrogen-bond acceptors (Lipinski definition) is 4. The molecule has 1 fully saturated rings. The monoisotopic (exact) mass is 266 g/mol. The van der Waals surface area contributed by atoms with E-state index in [1.807, 2.05) is 0 Å². The summed E-state index contributed by atoms with van der Waals surface area (Å²) in [4.78, 5) is 11.7. The largest absolute Gasteiger partial charge is 0.455 e. The number of ether oxygens (including phenoxy) is 1. The van der Waals surface area contributed by atoms with Crippen LogP contribution in [0.25, 0.3) is 0 Å². The second-order valence-corrected chi connectivity index (χ2v) is 4.86. The molecular formula is C14H22N2O3. The molecule has 0 unspecified atom stereocenters. The van der Waals surface area contributed by atoms with E-state index >= 15 is 0 Å². The molecule has 0 radical (unpaired) electrons. The van der Waals surface area contributed by atoms with Gasteiger partial charge in [-0.2, -0.15) is 0 Å². The lowest BCUT2D eigenvalue weighted by Crippen LogP contribution is -2.29. The van der Waals surface area contributed by atoms with E-state index < -0.39 is 0 Å². The van der Waals surface area contributed by atoms with Crippen molar-refractivity contribution < 1.29 is 13.9 Å². The van der Waals surface area contributed by atoms with Crippen LogP contribution < -0.4 is 11.1 Å². The second-order valence-electron chi connectivity index (χ2n) is 4.86. The van der Waals surface area contributed by atoms with Crippen LogP contribution in [0.3, 0.4) is 0 Å². The molecule has 0 bridgehead atoms. The maximum Gasteiger partial charge on any atom is 0.287 e. The van der Waals surface area contributed by atoms with Gasteiger partial charge in [-0.25, -0.2) is 0 Å². The highest BCUT2D eigenvalue weighted by Gasteiger charge is 2.14. The molecule has 1 aliphatic rings. The van der Waals surface area contributed by atoms with Crippen molar-refractivity contribution in [3.63, 3.8) is 0 Å². The molecule has 106 valence electrons. The molecule has 1 heterocycles. The van der Waals surface area contributed by atoms with Crippen LogP contribution in [-0.4, -0.2) is 25.2 Å². The first kappa shape index (κ1) is 14.1. The van der Waals surface area contributed by atoms with Gasteiger partial charge in [-0.05, 0) is 25.0 Å². The van der Waals surface area contributed by atoms with Gasteiger partial charge in [0, 0.05) is 6.54 Å². The maximum absolute atomic E-state index is 11.7. The molecule has 0 atom stereocenters. The molecule has 3 N–H and O–H groups in total. The first-order valence-electron chi connectivity index (χ1n) is 6.98. The van der Waals surface area contributed by atoms with Crippen molar-refractivity contribution in [2.45, 2.75) is 44.8 Å². The summed E-state index contributed by atoms with van der Waals surface area (Å²) in [5.41, 5.74) is 5.42. The minimum Gasteiger partial charge on any atom is -0.455 e. The predicted octanol–water partition coefficient (Wildman–Crippen LogP) is 1.82. The Balaban J connectivity index is 1.63. The van der Waals surface area contributed by atoms with Gasteiger partial charge in [-0.15, -0.1) is 0 Å². The summed E-state index contributed by atoms with van der Waals surface area (Å²) in [5.74, 6) is 0.702. The van der Waals surface area contributed by atoms with Gasteiger partial charge < -0.3 is 20.2 Å². The van der Waals surface area contributed by atoms with E-state index in [1.54, 1.807) is 12.1 Å². The average Bonchev–Trinajstić information content (AvgIpc) is 2.93. The Hall–Kier alpha value is -1.33. The van der Waals surface area contributed by atoms with Gasteiger partial charge >= 0.3 is 0 Å². The van der Waals surface area contributed by atoms with Crippen molar-refractivity contribution in [1.29, 1.82) is 0 Å². The Kier molecular flexibility index (Phi) is 5.42. The summed E-state index contributed by atoms with van der Waals surface area (Å²) >= 11 is 0. The smallest absolute Gasteiger partial charge is 0.287 e. The summed E-state index contributed by atoms with van der Waals surface area (Å²) in [5, 5.41) is 2.78. The summed E-state index contributed by atoms with van der Waals surface area (Å²) in [6, 6.07) is 3.35. The first-order chi connectivity index (χ1) is 9.29. The number of nitrogens with two attached hydrogens (primary N) is 1. The minimum atomic E-state index is -0.216. The van der Waals surface area contributed by atoms with E-state index in [9.17, 15) is 4.79 Å². The zero-order valence-corrected chi connectivity index (χ0v) is 11.2. The standard InChI is InChI=1S/C14H22N2O3/c15-10-12-6-7-13(19-12)14(17)16-8-9-18-11-4-2-1-3-5-11/h6-7,11H,1-5,8-10,15H2,(H,16,17). The normalized spacial score (nSPS) is 16.5. The SMILES string of the molecule is NCc1ccc(C(=O)NCCOC2CCCCC2)o1. The highest BCUT2D eigenvalue weighted by atomic mass is 16.5. The zero-order valence-electron chi connectivity index (χ0n) is 11.2. The number of carbonyl (C=O) groups is 1. The Morgan fingerprint density at radius 1 is 1.37 bits per heavy atom. The molecule has 2 rings (SSSR count). The average molecular weight is 266 g/mol. The third-order valence-electron chi connectivity index (χ3n) is 3.38. The Morgan fingerprint density at radius 2 is 2.16 bits per heavy atom. The minimum absolute atomic E-state index is 0.216. The van der Waals surface area contributed by atoms with Crippen molar-refractivity contribution in [2.24, 2.45) is 5.73 Å². The molecule has 1 saturated carbocycles. The quantitative estimate of drug-likeness (QED) is 0.770. The van der Waals surface area contributed by atoms with Crippen molar-refractivity contribution in [3.05, 3.63) is 23.7 Å². The molecule has 0 spiro atoms. The molecular weight excluding hydrogens is 244 g/mol. The van der Waals surface area contributed by atoms with Crippen molar-refractivity contribution in [3.8, 4) is 0 Å². The van der Waals surface area contributed by atoms with Crippen LogP contribution in [0.5, 0.6) is 0 Å². The zero-order chi connectivity index (χ0) is 13.5. The highest BCUT2D eigenvalue weighted by molar-refractivity contribution is 5.91. The van der Waals surface area contributed by atoms with Crippen LogP contribution in [0.15, 0.2) is 16.5 Å². The van der Waals surface area contributed by atoms with Crippen molar-refractivity contribution in [2.75, 3.05) is 13.2 Å². The van der Waals surface area contributed by atoms with E-state index in [0.29, 0.717) is 37.3 Å². The fourth-order valence-electron chi connectivity index (χ4n) is 2.32. The summed E-state index contributed by atoms with van der Waals surface area (Å²) in [7, 11) is 0. The number of amides is 1. The van der Waals surface area contributed by atoms with E-state index in [1.165, 1.54) is 19.3 Å². The molecule has 1 aromatic rings. The fourth-order valence-corrected chi connectivity index (χ4v) is 2.32. The van der Waals surface area contributed by atoms with Gasteiger partial charge in [0.2, 0.25) is 0 Å². The summed E-state index contributed by atoms with van der Waals surface area (Å²) in [6.07, 6.45) is 6.49. The van der Waals surface area contributed by atoms with Gasteiger partial charge in [0.05, 0.1) is 19.3 Å². The van der Waals surface area contributed by atoms with Crippen LogP contribution in [0, 0.1) is 0 Å². The molecule has 1 amide bonds. The Labute approximate surface area is 113 Å².